The number of carboxylic acid groups (broad SMARTS) is 1. The normalized spacial score (nSPS) is 22.8. The molecule has 1 unspecified atom stereocenters. The Balaban J connectivity index is 1.73. The Bertz CT molecular complexity index is 529. The minimum Gasteiger partial charge on any atom is -0.481 e. The van der Waals surface area contributed by atoms with Gasteiger partial charge in [-0.3, -0.25) is 14.7 Å². The van der Waals surface area contributed by atoms with Crippen molar-refractivity contribution in [3.05, 3.63) is 11.6 Å². The first-order valence-corrected chi connectivity index (χ1v) is 7.83. The number of nitrogens with one attached hydrogen (secondary N) is 1. The largest absolute Gasteiger partial charge is 0.481 e. The maximum Gasteiger partial charge on any atom is 0.305 e. The van der Waals surface area contributed by atoms with E-state index in [0.29, 0.717) is 18.2 Å². The van der Waals surface area contributed by atoms with Crippen molar-refractivity contribution in [3.63, 3.8) is 0 Å². The zero-order chi connectivity index (χ0) is 14.1. The van der Waals surface area contributed by atoms with Gasteiger partial charge in [-0.25, -0.2) is 4.98 Å². The number of thioether (sulfide) groups is 1. The molecular formula is C12H16N4O3S. The summed E-state index contributed by atoms with van der Waals surface area (Å²) in [5.41, 5.74) is 0. The van der Waals surface area contributed by atoms with Crippen LogP contribution in [0.5, 0.6) is 0 Å². The van der Waals surface area contributed by atoms with Gasteiger partial charge in [0.25, 0.3) is 5.91 Å². The number of aromatic nitrogens is 3. The smallest absolute Gasteiger partial charge is 0.305 e. The summed E-state index contributed by atoms with van der Waals surface area (Å²) in [6.45, 7) is 0.550. The molecule has 1 saturated carbocycles. The second-order valence-corrected chi connectivity index (χ2v) is 6.29. The summed E-state index contributed by atoms with van der Waals surface area (Å²) >= 11 is 1.68. The summed E-state index contributed by atoms with van der Waals surface area (Å²) in [7, 11) is 0. The molecule has 7 nitrogen and oxygen atoms in total. The van der Waals surface area contributed by atoms with Crippen LogP contribution < -0.4 is 0 Å². The van der Waals surface area contributed by atoms with Crippen molar-refractivity contribution in [1.29, 1.82) is 0 Å². The fraction of sp³-hybridized carbons (Fsp3) is 0.667. The van der Waals surface area contributed by atoms with Gasteiger partial charge < -0.3 is 10.0 Å². The number of carbonyl (C=O) groups excluding carboxylic acids is 1. The third-order valence-corrected chi connectivity index (χ3v) is 4.65. The predicted molar refractivity (Wildman–Crippen MR) is 72.8 cm³/mol. The first-order chi connectivity index (χ1) is 9.65. The van der Waals surface area contributed by atoms with E-state index in [1.54, 1.807) is 16.7 Å². The van der Waals surface area contributed by atoms with Crippen molar-refractivity contribution in [2.75, 3.05) is 18.1 Å². The van der Waals surface area contributed by atoms with E-state index in [9.17, 15) is 9.59 Å². The fourth-order valence-electron chi connectivity index (χ4n) is 2.33. The van der Waals surface area contributed by atoms with E-state index in [4.69, 9.17) is 5.11 Å². The number of nitrogens with zero attached hydrogens (tertiary/aromatic N) is 3. The summed E-state index contributed by atoms with van der Waals surface area (Å²) in [6.07, 6.45) is 2.15. The molecule has 1 amide bonds. The molecule has 2 heterocycles. The lowest BCUT2D eigenvalue weighted by atomic mass is 10.2. The molecule has 1 aliphatic carbocycles. The first kappa shape index (κ1) is 13.4. The highest BCUT2D eigenvalue weighted by molar-refractivity contribution is 7.99. The maximum atomic E-state index is 12.4. The summed E-state index contributed by atoms with van der Waals surface area (Å²) in [6, 6.07) is -0.276. The molecule has 2 aliphatic rings. The number of hydrogen-bond donors (Lipinski definition) is 2. The molecular weight excluding hydrogens is 280 g/mol. The third-order valence-electron chi connectivity index (χ3n) is 3.56. The lowest BCUT2D eigenvalue weighted by Crippen LogP contribution is -2.47. The molecule has 0 spiro atoms. The van der Waals surface area contributed by atoms with E-state index in [0.717, 1.165) is 24.4 Å². The molecule has 2 N–H and O–H groups in total. The molecule has 108 valence electrons. The zero-order valence-corrected chi connectivity index (χ0v) is 11.7. The van der Waals surface area contributed by atoms with Crippen LogP contribution in [0.2, 0.25) is 0 Å². The van der Waals surface area contributed by atoms with Crippen molar-refractivity contribution >= 4 is 23.6 Å². The van der Waals surface area contributed by atoms with Crippen molar-refractivity contribution in [2.24, 2.45) is 0 Å². The fourth-order valence-corrected chi connectivity index (χ4v) is 3.39. The SMILES string of the molecule is O=C(O)CC1CSCCN1C(=O)c1n[nH]c(C2CC2)n1. The second-order valence-electron chi connectivity index (χ2n) is 5.14. The standard InChI is InChI=1S/C12H16N4O3S/c17-9(18)5-8-6-20-4-3-16(8)12(19)11-13-10(14-15-11)7-1-2-7/h7-8H,1-6H2,(H,17,18)(H,13,14,15). The van der Waals surface area contributed by atoms with Gasteiger partial charge in [0.1, 0.15) is 5.82 Å². The third kappa shape index (κ3) is 2.79. The van der Waals surface area contributed by atoms with Crippen LogP contribution in [0.4, 0.5) is 0 Å². The number of H-pyrrole nitrogens is 1. The molecule has 0 radical (unpaired) electrons. The highest BCUT2D eigenvalue weighted by atomic mass is 32.2. The molecule has 2 fully saturated rings. The lowest BCUT2D eigenvalue weighted by Gasteiger charge is -2.33. The van der Waals surface area contributed by atoms with Crippen LogP contribution in [0.1, 0.15) is 41.6 Å². The molecule has 1 saturated heterocycles. The van der Waals surface area contributed by atoms with E-state index < -0.39 is 5.97 Å². The molecule has 8 heteroatoms. The highest BCUT2D eigenvalue weighted by Crippen LogP contribution is 2.37. The number of carboxylic acids is 1. The van der Waals surface area contributed by atoms with E-state index >= 15 is 0 Å². The van der Waals surface area contributed by atoms with Gasteiger partial charge in [0.2, 0.25) is 5.82 Å². The van der Waals surface area contributed by atoms with Gasteiger partial charge >= 0.3 is 5.97 Å². The van der Waals surface area contributed by atoms with E-state index in [2.05, 4.69) is 15.2 Å². The Morgan fingerprint density at radius 1 is 1.45 bits per heavy atom. The zero-order valence-electron chi connectivity index (χ0n) is 10.9. The summed E-state index contributed by atoms with van der Waals surface area (Å²) < 4.78 is 0. The summed E-state index contributed by atoms with van der Waals surface area (Å²) in [4.78, 5) is 29.2. The van der Waals surface area contributed by atoms with Crippen LogP contribution in [0.15, 0.2) is 0 Å². The predicted octanol–water partition coefficient (Wildman–Crippen LogP) is 0.714. The Morgan fingerprint density at radius 2 is 2.25 bits per heavy atom. The van der Waals surface area contributed by atoms with Crippen molar-refractivity contribution in [2.45, 2.75) is 31.2 Å². The Morgan fingerprint density at radius 3 is 2.95 bits per heavy atom. The minimum absolute atomic E-state index is 0.0291. The highest BCUT2D eigenvalue weighted by Gasteiger charge is 2.33. The number of amides is 1. The van der Waals surface area contributed by atoms with Gasteiger partial charge in [0.15, 0.2) is 0 Å². The molecule has 1 atom stereocenters. The molecule has 1 aliphatic heterocycles. The lowest BCUT2D eigenvalue weighted by molar-refractivity contribution is -0.138. The van der Waals surface area contributed by atoms with E-state index in [1.807, 2.05) is 0 Å². The van der Waals surface area contributed by atoms with Gasteiger partial charge in [0.05, 0.1) is 12.5 Å². The number of rotatable bonds is 4. The van der Waals surface area contributed by atoms with E-state index in [1.165, 1.54) is 0 Å². The molecule has 1 aromatic heterocycles. The first-order valence-electron chi connectivity index (χ1n) is 6.68. The van der Waals surface area contributed by atoms with Crippen LogP contribution >= 0.6 is 11.8 Å². The van der Waals surface area contributed by atoms with E-state index in [-0.39, 0.29) is 24.2 Å². The van der Waals surface area contributed by atoms with Gasteiger partial charge in [-0.1, -0.05) is 0 Å². The second kappa shape index (κ2) is 5.43. The van der Waals surface area contributed by atoms with Crippen LogP contribution in [0, 0.1) is 0 Å². The van der Waals surface area contributed by atoms with Crippen molar-refractivity contribution in [1.82, 2.24) is 20.1 Å². The maximum absolute atomic E-state index is 12.4. The van der Waals surface area contributed by atoms with Crippen molar-refractivity contribution in [3.8, 4) is 0 Å². The van der Waals surface area contributed by atoms with Crippen LogP contribution in [-0.4, -0.2) is 61.2 Å². The van der Waals surface area contributed by atoms with Crippen LogP contribution in [0.3, 0.4) is 0 Å². The van der Waals surface area contributed by atoms with Crippen molar-refractivity contribution < 1.29 is 14.7 Å². The minimum atomic E-state index is -0.885. The topological polar surface area (TPSA) is 99.2 Å². The summed E-state index contributed by atoms with van der Waals surface area (Å²) in [5.74, 6) is 1.67. The van der Waals surface area contributed by atoms with Gasteiger partial charge in [-0.2, -0.15) is 11.8 Å². The molecule has 20 heavy (non-hydrogen) atoms. The number of aliphatic carboxylic acids is 1. The monoisotopic (exact) mass is 296 g/mol. The quantitative estimate of drug-likeness (QED) is 0.849. The Kier molecular flexibility index (Phi) is 3.64. The van der Waals surface area contributed by atoms with Gasteiger partial charge in [-0.15, -0.1) is 5.10 Å². The number of carbonyl (C=O) groups is 2. The Labute approximate surface area is 120 Å². The molecule has 0 bridgehead atoms. The molecule has 1 aromatic rings. The molecule has 0 aromatic carbocycles. The van der Waals surface area contributed by atoms with Gasteiger partial charge in [-0.05, 0) is 12.8 Å². The van der Waals surface area contributed by atoms with Gasteiger partial charge in [0, 0.05) is 24.0 Å². The van der Waals surface area contributed by atoms with Crippen LogP contribution in [0.25, 0.3) is 0 Å². The number of hydrogen-bond acceptors (Lipinski definition) is 5. The molecule has 3 rings (SSSR count). The van der Waals surface area contributed by atoms with Crippen LogP contribution in [-0.2, 0) is 4.79 Å². The Hall–Kier alpha value is -1.57. The average Bonchev–Trinajstić information content (AvgIpc) is 3.16. The number of aromatic amines is 1. The average molecular weight is 296 g/mol. The summed E-state index contributed by atoms with van der Waals surface area (Å²) in [5, 5.41) is 15.7.